The largest absolute Gasteiger partial charge is 0.303 e. The van der Waals surface area contributed by atoms with E-state index in [0.717, 1.165) is 20.0 Å². The summed E-state index contributed by atoms with van der Waals surface area (Å²) in [7, 11) is 0.994. The Morgan fingerprint density at radius 2 is 2.44 bits per heavy atom. The van der Waals surface area contributed by atoms with E-state index in [4.69, 9.17) is 9.78 Å². The monoisotopic (exact) mass is 218 g/mol. The van der Waals surface area contributed by atoms with E-state index in [2.05, 4.69) is 6.08 Å². The van der Waals surface area contributed by atoms with Crippen LogP contribution in [-0.2, 0) is 14.6 Å². The van der Waals surface area contributed by atoms with Crippen LogP contribution in [0.4, 0.5) is 0 Å². The van der Waals surface area contributed by atoms with Gasteiger partial charge in [0.1, 0.15) is 6.29 Å². The average Bonchev–Trinajstić information content (AvgIpc) is 2.63. The Hall–Kier alpha value is -0.865. The van der Waals surface area contributed by atoms with Crippen molar-refractivity contribution in [1.82, 2.24) is 0 Å². The van der Waals surface area contributed by atoms with Gasteiger partial charge < -0.3 is 4.79 Å². The van der Waals surface area contributed by atoms with Gasteiger partial charge in [0.25, 0.3) is 0 Å². The van der Waals surface area contributed by atoms with Gasteiger partial charge in [-0.3, -0.25) is 0 Å². The summed E-state index contributed by atoms with van der Waals surface area (Å²) in [6.45, 7) is 3.05. The smallest absolute Gasteiger partial charge is 0.185 e. The maximum atomic E-state index is 10.8. The second kappa shape index (κ2) is 3.86. The lowest BCUT2D eigenvalue weighted by Crippen LogP contribution is -2.06. The third kappa shape index (κ3) is 1.48. The number of allylic oxidation sites excluding steroid dienone is 3. The zero-order valence-electron chi connectivity index (χ0n) is 9.44. The van der Waals surface area contributed by atoms with Crippen LogP contribution in [0.15, 0.2) is 22.6 Å². The molecule has 1 fully saturated rings. The van der Waals surface area contributed by atoms with Gasteiger partial charge in [0, 0.05) is 5.92 Å². The van der Waals surface area contributed by atoms with Gasteiger partial charge in [-0.1, -0.05) is 22.6 Å². The first-order valence-corrected chi connectivity index (χ1v) is 5.96. The quantitative estimate of drug-likeness (QED) is 0.227. The van der Waals surface area contributed by atoms with Crippen molar-refractivity contribution >= 4 is 13.6 Å². The summed E-state index contributed by atoms with van der Waals surface area (Å²) >= 11 is 0. The number of carbonyl (C=O) groups is 1. The van der Waals surface area contributed by atoms with E-state index in [1.165, 1.54) is 16.5 Å². The molecule has 2 aliphatic carbocycles. The molecule has 1 heterocycles. The molecule has 16 heavy (non-hydrogen) atoms. The molecule has 3 aliphatic rings. The highest BCUT2D eigenvalue weighted by Gasteiger charge is 2.56. The Bertz CT molecular complexity index is 386. The summed E-state index contributed by atoms with van der Waals surface area (Å²) in [5, 5.41) is 0. The Balaban J connectivity index is 1.57. The summed E-state index contributed by atoms with van der Waals surface area (Å²) in [5.41, 5.74) is 4.24. The highest BCUT2D eigenvalue weighted by molar-refractivity contribution is 6.56. The summed E-state index contributed by atoms with van der Waals surface area (Å²) in [6.07, 6.45) is 4.47. The SMILES string of the molecule is CCOOCC1=CC2=C(B1)C1C(C=O)C1C2. The standard InChI is InChI=1S/C12H15BO3/c1-2-15-16-6-8-3-7-4-9-10(5-14)11(9)12(7)13-8/h3,5,9-11,13H,2,4,6H2,1H3. The van der Waals surface area contributed by atoms with Crippen LogP contribution in [-0.4, -0.2) is 26.8 Å². The molecule has 84 valence electrons. The Labute approximate surface area is 95.7 Å². The maximum Gasteiger partial charge on any atom is 0.185 e. The summed E-state index contributed by atoms with van der Waals surface area (Å²) in [5.74, 6) is 1.51. The molecule has 0 radical (unpaired) electrons. The molecular formula is C12H15BO3. The minimum Gasteiger partial charge on any atom is -0.303 e. The molecule has 0 aromatic rings. The second-order valence-electron chi connectivity index (χ2n) is 4.81. The van der Waals surface area contributed by atoms with Crippen molar-refractivity contribution in [1.29, 1.82) is 0 Å². The van der Waals surface area contributed by atoms with Gasteiger partial charge in [0.2, 0.25) is 0 Å². The van der Waals surface area contributed by atoms with E-state index < -0.39 is 0 Å². The number of fused-ring (bicyclic) bond motifs is 2. The van der Waals surface area contributed by atoms with Gasteiger partial charge in [-0.25, -0.2) is 9.78 Å². The number of hydrogen-bond acceptors (Lipinski definition) is 3. The zero-order chi connectivity index (χ0) is 11.1. The van der Waals surface area contributed by atoms with Gasteiger partial charge in [-0.2, -0.15) is 0 Å². The lowest BCUT2D eigenvalue weighted by molar-refractivity contribution is -0.283. The molecule has 1 saturated carbocycles. The van der Waals surface area contributed by atoms with Crippen molar-refractivity contribution in [3.8, 4) is 0 Å². The molecule has 3 nitrogen and oxygen atoms in total. The molecule has 1 aliphatic heterocycles. The van der Waals surface area contributed by atoms with Crippen LogP contribution in [0, 0.1) is 17.8 Å². The zero-order valence-corrected chi connectivity index (χ0v) is 9.44. The van der Waals surface area contributed by atoms with Crippen LogP contribution in [0.3, 0.4) is 0 Å². The number of aldehydes is 1. The molecule has 0 aromatic heterocycles. The van der Waals surface area contributed by atoms with Gasteiger partial charge in [0.05, 0.1) is 13.2 Å². The maximum absolute atomic E-state index is 10.8. The molecule has 0 amide bonds. The fourth-order valence-electron chi connectivity index (χ4n) is 3.16. The first-order valence-electron chi connectivity index (χ1n) is 5.96. The first kappa shape index (κ1) is 10.3. The van der Waals surface area contributed by atoms with Crippen LogP contribution in [0.1, 0.15) is 13.3 Å². The van der Waals surface area contributed by atoms with Crippen LogP contribution in [0.25, 0.3) is 0 Å². The third-order valence-corrected chi connectivity index (χ3v) is 3.90. The topological polar surface area (TPSA) is 35.5 Å². The second-order valence-corrected chi connectivity index (χ2v) is 4.81. The van der Waals surface area contributed by atoms with Crippen molar-refractivity contribution in [2.75, 3.05) is 13.2 Å². The van der Waals surface area contributed by atoms with E-state index in [1.54, 1.807) is 0 Å². The van der Waals surface area contributed by atoms with Crippen molar-refractivity contribution in [2.45, 2.75) is 13.3 Å². The van der Waals surface area contributed by atoms with Gasteiger partial charge in [-0.15, -0.1) is 0 Å². The van der Waals surface area contributed by atoms with E-state index in [0.29, 0.717) is 31.0 Å². The molecule has 3 atom stereocenters. The predicted octanol–water partition coefficient (Wildman–Crippen LogP) is 1.01. The molecule has 0 aromatic carbocycles. The molecule has 0 spiro atoms. The molecule has 0 N–H and O–H groups in total. The average molecular weight is 218 g/mol. The Kier molecular flexibility index (Phi) is 2.48. The fraction of sp³-hybridized carbons (Fsp3) is 0.583. The minimum absolute atomic E-state index is 0.319. The van der Waals surface area contributed by atoms with Gasteiger partial charge in [-0.05, 0) is 25.2 Å². The third-order valence-electron chi connectivity index (χ3n) is 3.90. The highest BCUT2D eigenvalue weighted by Crippen LogP contribution is 2.60. The summed E-state index contributed by atoms with van der Waals surface area (Å²) in [6, 6.07) is 0. The van der Waals surface area contributed by atoms with E-state index >= 15 is 0 Å². The lowest BCUT2D eigenvalue weighted by Gasteiger charge is -2.03. The van der Waals surface area contributed by atoms with Crippen LogP contribution >= 0.6 is 0 Å². The lowest BCUT2D eigenvalue weighted by atomic mass is 9.64. The van der Waals surface area contributed by atoms with Gasteiger partial charge in [0.15, 0.2) is 7.28 Å². The van der Waals surface area contributed by atoms with Crippen LogP contribution in [0.5, 0.6) is 0 Å². The molecule has 3 rings (SSSR count). The first-order chi connectivity index (χ1) is 7.85. The van der Waals surface area contributed by atoms with Crippen LogP contribution in [0.2, 0.25) is 0 Å². The Morgan fingerprint density at radius 1 is 1.56 bits per heavy atom. The van der Waals surface area contributed by atoms with Crippen molar-refractivity contribution in [2.24, 2.45) is 17.8 Å². The molecule has 3 unspecified atom stereocenters. The molecule has 4 heteroatoms. The predicted molar refractivity (Wildman–Crippen MR) is 61.0 cm³/mol. The summed E-state index contributed by atoms with van der Waals surface area (Å²) in [4.78, 5) is 20.7. The van der Waals surface area contributed by atoms with E-state index in [-0.39, 0.29) is 0 Å². The molecule has 0 bridgehead atoms. The van der Waals surface area contributed by atoms with Crippen molar-refractivity contribution in [3.05, 3.63) is 22.6 Å². The molecular weight excluding hydrogens is 203 g/mol. The number of hydrogen-bond donors (Lipinski definition) is 0. The number of rotatable bonds is 5. The summed E-state index contributed by atoms with van der Waals surface area (Å²) < 4.78 is 0. The van der Waals surface area contributed by atoms with Crippen molar-refractivity contribution in [3.63, 3.8) is 0 Å². The Morgan fingerprint density at radius 3 is 3.19 bits per heavy atom. The normalized spacial score (nSPS) is 34.3. The van der Waals surface area contributed by atoms with Crippen molar-refractivity contribution < 1.29 is 14.6 Å². The van der Waals surface area contributed by atoms with Gasteiger partial charge >= 0.3 is 0 Å². The fourth-order valence-corrected chi connectivity index (χ4v) is 3.16. The highest BCUT2D eigenvalue weighted by atomic mass is 17.2. The minimum atomic E-state index is 0.319. The van der Waals surface area contributed by atoms with Crippen LogP contribution < -0.4 is 0 Å². The number of carbonyl (C=O) groups excluding carboxylic acids is 1. The van der Waals surface area contributed by atoms with E-state index in [9.17, 15) is 4.79 Å². The van der Waals surface area contributed by atoms with E-state index in [1.807, 2.05) is 6.92 Å². The molecule has 0 saturated heterocycles.